The number of rotatable bonds is 7. The largest absolute Gasteiger partial charge is 0.378 e. The van der Waals surface area contributed by atoms with E-state index in [1.807, 2.05) is 0 Å². The lowest BCUT2D eigenvalue weighted by molar-refractivity contribution is 0.416. The van der Waals surface area contributed by atoms with E-state index in [1.165, 1.54) is 31.4 Å². The second-order valence-corrected chi connectivity index (χ2v) is 5.89. The van der Waals surface area contributed by atoms with E-state index in [0.29, 0.717) is 5.92 Å². The minimum atomic E-state index is 0.689. The zero-order valence-corrected chi connectivity index (χ0v) is 13.3. The number of hydrogen-bond acceptors (Lipinski definition) is 2. The second kappa shape index (κ2) is 8.21. The molecule has 2 nitrogen and oxygen atoms in total. The highest BCUT2D eigenvalue weighted by Gasteiger charge is 2.11. The number of nitrogens with zero attached hydrogens (tertiary/aromatic N) is 2. The molecule has 0 radical (unpaired) electrons. The molecule has 0 aromatic rings. The van der Waals surface area contributed by atoms with Gasteiger partial charge in [0.25, 0.3) is 0 Å². The van der Waals surface area contributed by atoms with E-state index in [-0.39, 0.29) is 0 Å². The van der Waals surface area contributed by atoms with Gasteiger partial charge < -0.3 is 9.80 Å². The third-order valence-electron chi connectivity index (χ3n) is 3.67. The van der Waals surface area contributed by atoms with Crippen LogP contribution in [0.15, 0.2) is 35.6 Å². The van der Waals surface area contributed by atoms with Crippen LogP contribution in [0.2, 0.25) is 0 Å². The van der Waals surface area contributed by atoms with Crippen molar-refractivity contribution in [3.8, 4) is 0 Å². The number of hydrogen-bond donors (Lipinski definition) is 0. The molecule has 1 aliphatic rings. The minimum absolute atomic E-state index is 0.689. The van der Waals surface area contributed by atoms with Crippen molar-refractivity contribution in [1.29, 1.82) is 0 Å². The van der Waals surface area contributed by atoms with Crippen LogP contribution in [0.4, 0.5) is 0 Å². The van der Waals surface area contributed by atoms with Crippen LogP contribution in [0, 0.1) is 5.92 Å². The van der Waals surface area contributed by atoms with Gasteiger partial charge in [0.1, 0.15) is 0 Å². The van der Waals surface area contributed by atoms with E-state index < -0.39 is 0 Å². The molecule has 0 aromatic heterocycles. The van der Waals surface area contributed by atoms with Crippen LogP contribution < -0.4 is 0 Å². The maximum atomic E-state index is 2.44. The van der Waals surface area contributed by atoms with Crippen molar-refractivity contribution in [3.05, 3.63) is 35.6 Å². The Labute approximate surface area is 119 Å². The van der Waals surface area contributed by atoms with Crippen molar-refractivity contribution in [1.82, 2.24) is 9.80 Å². The van der Waals surface area contributed by atoms with Crippen LogP contribution in [-0.2, 0) is 0 Å². The third kappa shape index (κ3) is 6.11. The van der Waals surface area contributed by atoms with Crippen molar-refractivity contribution in [2.75, 3.05) is 34.7 Å². The molecule has 0 spiro atoms. The maximum absolute atomic E-state index is 2.44. The summed E-state index contributed by atoms with van der Waals surface area (Å²) in [6, 6.07) is 0. The molecule has 108 valence electrons. The lowest BCUT2D eigenvalue weighted by Crippen LogP contribution is -2.13. The van der Waals surface area contributed by atoms with E-state index in [9.17, 15) is 0 Å². The molecule has 1 rings (SSSR count). The Morgan fingerprint density at radius 2 is 2.05 bits per heavy atom. The molecule has 0 amide bonds. The summed E-state index contributed by atoms with van der Waals surface area (Å²) in [6.45, 7) is 3.42. The van der Waals surface area contributed by atoms with E-state index in [1.54, 1.807) is 5.57 Å². The summed E-state index contributed by atoms with van der Waals surface area (Å²) in [5.74, 6) is 0.689. The van der Waals surface area contributed by atoms with Gasteiger partial charge in [-0.1, -0.05) is 30.7 Å². The molecule has 1 atom stereocenters. The molecule has 0 heterocycles. The highest BCUT2D eigenvalue weighted by atomic mass is 15.1. The van der Waals surface area contributed by atoms with E-state index >= 15 is 0 Å². The molecule has 0 aromatic carbocycles. The zero-order chi connectivity index (χ0) is 14.3. The zero-order valence-electron chi connectivity index (χ0n) is 13.3. The van der Waals surface area contributed by atoms with Gasteiger partial charge >= 0.3 is 0 Å². The predicted octanol–water partition coefficient (Wildman–Crippen LogP) is 3.69. The Hall–Kier alpha value is -1.02. The average Bonchev–Trinajstić information content (AvgIpc) is 2.37. The fraction of sp³-hybridized carbons (Fsp3) is 0.647. The van der Waals surface area contributed by atoms with E-state index in [0.717, 1.165) is 6.54 Å². The first-order valence-electron chi connectivity index (χ1n) is 7.41. The minimum Gasteiger partial charge on any atom is -0.378 e. The first-order chi connectivity index (χ1) is 9.02. The summed E-state index contributed by atoms with van der Waals surface area (Å²) in [7, 11) is 8.48. The molecule has 0 bridgehead atoms. The van der Waals surface area contributed by atoms with Crippen molar-refractivity contribution >= 4 is 0 Å². The van der Waals surface area contributed by atoms with Crippen molar-refractivity contribution in [2.24, 2.45) is 5.92 Å². The van der Waals surface area contributed by atoms with Gasteiger partial charge in [0.2, 0.25) is 0 Å². The molecular weight excluding hydrogens is 232 g/mol. The molecule has 0 saturated carbocycles. The van der Waals surface area contributed by atoms with Crippen molar-refractivity contribution < 1.29 is 0 Å². The standard InChI is InChI=1S/C17H30N2/c1-6-15(8-7-13-18(2)3)14-16-9-11-17(12-10-16)19(4)5/h8-9,11-12,16H,6-7,10,13-14H2,1-5H3/b15-8+/t16-/m1/s1. The lowest BCUT2D eigenvalue weighted by Gasteiger charge is -2.21. The Morgan fingerprint density at radius 3 is 2.53 bits per heavy atom. The summed E-state index contributed by atoms with van der Waals surface area (Å²) in [4.78, 5) is 4.43. The Balaban J connectivity index is 2.44. The summed E-state index contributed by atoms with van der Waals surface area (Å²) in [5.41, 5.74) is 2.95. The number of likely N-dealkylation sites (N-methyl/N-ethyl adjacent to an activating group) is 1. The normalized spacial score (nSPS) is 19.8. The first-order valence-corrected chi connectivity index (χ1v) is 7.41. The molecule has 19 heavy (non-hydrogen) atoms. The molecule has 0 saturated heterocycles. The average molecular weight is 262 g/mol. The fourth-order valence-electron chi connectivity index (χ4n) is 2.37. The van der Waals surface area contributed by atoms with Crippen LogP contribution >= 0.6 is 0 Å². The van der Waals surface area contributed by atoms with Crippen LogP contribution in [0.3, 0.4) is 0 Å². The highest BCUT2D eigenvalue weighted by Crippen LogP contribution is 2.25. The monoisotopic (exact) mass is 262 g/mol. The van der Waals surface area contributed by atoms with Gasteiger partial charge in [-0.2, -0.15) is 0 Å². The molecule has 1 aliphatic carbocycles. The molecular formula is C17H30N2. The topological polar surface area (TPSA) is 6.48 Å². The highest BCUT2D eigenvalue weighted by molar-refractivity contribution is 5.23. The molecule has 0 aliphatic heterocycles. The lowest BCUT2D eigenvalue weighted by atomic mass is 9.90. The second-order valence-electron chi connectivity index (χ2n) is 5.89. The predicted molar refractivity (Wildman–Crippen MR) is 85.2 cm³/mol. The Bertz CT molecular complexity index is 348. The molecule has 0 fully saturated rings. The van der Waals surface area contributed by atoms with Crippen LogP contribution in [0.5, 0.6) is 0 Å². The van der Waals surface area contributed by atoms with Crippen molar-refractivity contribution in [2.45, 2.75) is 32.6 Å². The summed E-state index contributed by atoms with van der Waals surface area (Å²) >= 11 is 0. The molecule has 2 heteroatoms. The SMILES string of the molecule is CC/C(=C\CCN(C)C)C[C@@H]1C=CC(N(C)C)=CC1. The van der Waals surface area contributed by atoms with Crippen molar-refractivity contribution in [3.63, 3.8) is 0 Å². The maximum Gasteiger partial charge on any atom is 0.0317 e. The first kappa shape index (κ1) is 16.0. The van der Waals surface area contributed by atoms with Gasteiger partial charge in [-0.25, -0.2) is 0 Å². The Morgan fingerprint density at radius 1 is 1.32 bits per heavy atom. The summed E-state index contributed by atoms with van der Waals surface area (Å²) in [5, 5.41) is 0. The fourth-order valence-corrected chi connectivity index (χ4v) is 2.37. The van der Waals surface area contributed by atoms with Gasteiger partial charge in [0.15, 0.2) is 0 Å². The molecule has 0 N–H and O–H groups in total. The summed E-state index contributed by atoms with van der Waals surface area (Å²) < 4.78 is 0. The van der Waals surface area contributed by atoms with Crippen LogP contribution in [-0.4, -0.2) is 44.5 Å². The van der Waals surface area contributed by atoms with Gasteiger partial charge in [-0.05, 0) is 51.8 Å². The number of allylic oxidation sites excluding steroid dienone is 4. The van der Waals surface area contributed by atoms with Gasteiger partial charge in [0, 0.05) is 26.3 Å². The van der Waals surface area contributed by atoms with Crippen LogP contribution in [0.25, 0.3) is 0 Å². The van der Waals surface area contributed by atoms with E-state index in [4.69, 9.17) is 0 Å². The van der Waals surface area contributed by atoms with Crippen LogP contribution in [0.1, 0.15) is 32.6 Å². The van der Waals surface area contributed by atoms with Gasteiger partial charge in [-0.3, -0.25) is 0 Å². The smallest absolute Gasteiger partial charge is 0.0317 e. The summed E-state index contributed by atoms with van der Waals surface area (Å²) in [6.07, 6.45) is 14.2. The van der Waals surface area contributed by atoms with E-state index in [2.05, 4.69) is 69.2 Å². The molecule has 0 unspecified atom stereocenters. The quantitative estimate of drug-likeness (QED) is 0.646. The Kier molecular flexibility index (Phi) is 6.93. The van der Waals surface area contributed by atoms with Gasteiger partial charge in [-0.15, -0.1) is 0 Å². The third-order valence-corrected chi connectivity index (χ3v) is 3.67. The van der Waals surface area contributed by atoms with Gasteiger partial charge in [0.05, 0.1) is 0 Å².